The van der Waals surface area contributed by atoms with Crippen LogP contribution in [-0.2, 0) is 9.53 Å². The minimum absolute atomic E-state index is 0.190. The van der Waals surface area contributed by atoms with Crippen molar-refractivity contribution in [1.29, 1.82) is 0 Å². The number of benzene rings is 1. The summed E-state index contributed by atoms with van der Waals surface area (Å²) in [5.74, 6) is -1.23. The first-order chi connectivity index (χ1) is 7.67. The van der Waals surface area contributed by atoms with E-state index in [9.17, 15) is 14.0 Å². The summed E-state index contributed by atoms with van der Waals surface area (Å²) in [4.78, 5) is 21.9. The van der Waals surface area contributed by atoms with Gasteiger partial charge in [0.05, 0.1) is 12.2 Å². The first-order valence-electron chi connectivity index (χ1n) is 4.71. The molecular formula is C11H11FO4. The maximum Gasteiger partial charge on any atom is 0.342 e. The van der Waals surface area contributed by atoms with Crippen molar-refractivity contribution in [1.82, 2.24) is 0 Å². The maximum absolute atomic E-state index is 11.8. The van der Waals surface area contributed by atoms with Crippen molar-refractivity contribution in [2.45, 2.75) is 6.92 Å². The molecule has 0 aliphatic carbocycles. The fourth-order valence-corrected chi connectivity index (χ4v) is 1.03. The maximum atomic E-state index is 11.8. The van der Waals surface area contributed by atoms with Crippen LogP contribution in [-0.4, -0.2) is 25.2 Å². The molecule has 0 aliphatic rings. The van der Waals surface area contributed by atoms with Crippen LogP contribution in [0.1, 0.15) is 17.3 Å². The normalized spacial score (nSPS) is 9.62. The second-order valence-corrected chi connectivity index (χ2v) is 2.85. The first kappa shape index (κ1) is 12.2. The van der Waals surface area contributed by atoms with E-state index in [1.54, 1.807) is 6.92 Å². The summed E-state index contributed by atoms with van der Waals surface area (Å²) in [7, 11) is 0. The van der Waals surface area contributed by atoms with Crippen LogP contribution in [0.15, 0.2) is 24.3 Å². The van der Waals surface area contributed by atoms with Gasteiger partial charge < -0.3 is 9.47 Å². The molecule has 16 heavy (non-hydrogen) atoms. The number of alkyl halides is 1. The van der Waals surface area contributed by atoms with Crippen molar-refractivity contribution in [2.75, 3.05) is 13.3 Å². The van der Waals surface area contributed by atoms with Crippen LogP contribution in [0.3, 0.4) is 0 Å². The van der Waals surface area contributed by atoms with Crippen LogP contribution in [0.25, 0.3) is 0 Å². The zero-order chi connectivity index (χ0) is 12.0. The predicted molar refractivity (Wildman–Crippen MR) is 54.0 cm³/mol. The Morgan fingerprint density at radius 1 is 1.25 bits per heavy atom. The highest BCUT2D eigenvalue weighted by Gasteiger charge is 2.07. The van der Waals surface area contributed by atoms with Gasteiger partial charge in [0.25, 0.3) is 0 Å². The van der Waals surface area contributed by atoms with Crippen molar-refractivity contribution in [3.05, 3.63) is 29.8 Å². The molecule has 0 N–H and O–H groups in total. The highest BCUT2D eigenvalue weighted by Crippen LogP contribution is 2.13. The summed E-state index contributed by atoms with van der Waals surface area (Å²) in [6.07, 6.45) is 0. The third-order valence-electron chi connectivity index (χ3n) is 1.71. The molecule has 86 valence electrons. The van der Waals surface area contributed by atoms with Gasteiger partial charge >= 0.3 is 11.9 Å². The molecule has 0 saturated heterocycles. The molecule has 5 heteroatoms. The molecule has 0 aromatic heterocycles. The lowest BCUT2D eigenvalue weighted by Crippen LogP contribution is -2.10. The fourth-order valence-electron chi connectivity index (χ4n) is 1.03. The van der Waals surface area contributed by atoms with E-state index in [0.717, 1.165) is 0 Å². The first-order valence-corrected chi connectivity index (χ1v) is 4.71. The summed E-state index contributed by atoms with van der Waals surface area (Å²) in [6.45, 7) is 0.812. The van der Waals surface area contributed by atoms with Crippen LogP contribution in [0.2, 0.25) is 0 Å². The number of hydrogen-bond donors (Lipinski definition) is 0. The second kappa shape index (κ2) is 5.85. The van der Waals surface area contributed by atoms with E-state index < -0.39 is 18.6 Å². The van der Waals surface area contributed by atoms with Crippen molar-refractivity contribution in [3.8, 4) is 5.75 Å². The Morgan fingerprint density at radius 3 is 2.38 bits per heavy atom. The molecular weight excluding hydrogens is 215 g/mol. The number of hydrogen-bond acceptors (Lipinski definition) is 4. The summed E-state index contributed by atoms with van der Waals surface area (Å²) in [6, 6.07) is 5.69. The van der Waals surface area contributed by atoms with Gasteiger partial charge in [0.2, 0.25) is 0 Å². The lowest BCUT2D eigenvalue weighted by Gasteiger charge is -2.03. The molecule has 0 aliphatic heterocycles. The smallest absolute Gasteiger partial charge is 0.342 e. The average molecular weight is 226 g/mol. The van der Waals surface area contributed by atoms with Crippen LogP contribution in [0.5, 0.6) is 5.75 Å². The van der Waals surface area contributed by atoms with Crippen molar-refractivity contribution in [2.24, 2.45) is 0 Å². The third-order valence-corrected chi connectivity index (χ3v) is 1.71. The summed E-state index contributed by atoms with van der Waals surface area (Å²) in [5, 5.41) is 0. The van der Waals surface area contributed by atoms with Gasteiger partial charge in [-0.1, -0.05) is 0 Å². The van der Waals surface area contributed by atoms with Crippen molar-refractivity contribution >= 4 is 11.9 Å². The van der Waals surface area contributed by atoms with Crippen LogP contribution >= 0.6 is 0 Å². The number of ether oxygens (including phenoxy) is 2. The van der Waals surface area contributed by atoms with Gasteiger partial charge in [-0.25, -0.2) is 14.0 Å². The Hall–Kier alpha value is -1.91. The van der Waals surface area contributed by atoms with E-state index in [-0.39, 0.29) is 12.4 Å². The number of carbonyl (C=O) groups excluding carboxylic acids is 2. The zero-order valence-electron chi connectivity index (χ0n) is 8.73. The van der Waals surface area contributed by atoms with E-state index in [1.165, 1.54) is 24.3 Å². The summed E-state index contributed by atoms with van der Waals surface area (Å²) < 4.78 is 21.2. The number of rotatable bonds is 4. The van der Waals surface area contributed by atoms with Crippen molar-refractivity contribution < 1.29 is 23.5 Å². The average Bonchev–Trinajstić information content (AvgIpc) is 2.30. The van der Waals surface area contributed by atoms with Crippen LogP contribution in [0.4, 0.5) is 4.39 Å². The standard InChI is InChI=1S/C11H11FO4/c1-2-15-11(14)8-3-5-9(6-4-8)16-10(13)7-12/h3-6H,2,7H2,1H3. The molecule has 1 aromatic carbocycles. The minimum Gasteiger partial charge on any atom is -0.462 e. The third kappa shape index (κ3) is 3.34. The SMILES string of the molecule is CCOC(=O)c1ccc(OC(=O)CF)cc1. The van der Waals surface area contributed by atoms with Crippen molar-refractivity contribution in [3.63, 3.8) is 0 Å². The largest absolute Gasteiger partial charge is 0.462 e. The summed E-state index contributed by atoms with van der Waals surface area (Å²) >= 11 is 0. The van der Waals surface area contributed by atoms with Crippen LogP contribution < -0.4 is 4.74 Å². The lowest BCUT2D eigenvalue weighted by atomic mass is 10.2. The number of halogens is 1. The second-order valence-electron chi connectivity index (χ2n) is 2.85. The highest BCUT2D eigenvalue weighted by molar-refractivity contribution is 5.89. The lowest BCUT2D eigenvalue weighted by molar-refractivity contribution is -0.135. The fraction of sp³-hybridized carbons (Fsp3) is 0.273. The Kier molecular flexibility index (Phi) is 4.44. The monoisotopic (exact) mass is 226 g/mol. The predicted octanol–water partition coefficient (Wildman–Crippen LogP) is 1.74. The summed E-state index contributed by atoms with van der Waals surface area (Å²) in [5.41, 5.74) is 0.349. The molecule has 0 spiro atoms. The van der Waals surface area contributed by atoms with E-state index >= 15 is 0 Å². The van der Waals surface area contributed by atoms with E-state index in [0.29, 0.717) is 5.56 Å². The Labute approximate surface area is 92.0 Å². The van der Waals surface area contributed by atoms with Gasteiger partial charge in [0, 0.05) is 0 Å². The van der Waals surface area contributed by atoms with Gasteiger partial charge in [-0.2, -0.15) is 0 Å². The molecule has 0 amide bonds. The van der Waals surface area contributed by atoms with Gasteiger partial charge in [0.15, 0.2) is 6.67 Å². The Bertz CT molecular complexity index is 372. The van der Waals surface area contributed by atoms with E-state index in [1.807, 2.05) is 0 Å². The molecule has 0 fully saturated rings. The topological polar surface area (TPSA) is 52.6 Å². The molecule has 1 rings (SSSR count). The number of carbonyl (C=O) groups is 2. The van der Waals surface area contributed by atoms with Gasteiger partial charge in [0.1, 0.15) is 5.75 Å². The van der Waals surface area contributed by atoms with Crippen LogP contribution in [0, 0.1) is 0 Å². The zero-order valence-corrected chi connectivity index (χ0v) is 8.73. The molecule has 0 bridgehead atoms. The number of esters is 2. The molecule has 0 saturated carbocycles. The van der Waals surface area contributed by atoms with Gasteiger partial charge in [-0.3, -0.25) is 0 Å². The quantitative estimate of drug-likeness (QED) is 0.579. The molecule has 0 radical (unpaired) electrons. The Balaban J connectivity index is 2.67. The highest BCUT2D eigenvalue weighted by atomic mass is 19.1. The molecule has 0 unspecified atom stereocenters. The molecule has 0 heterocycles. The molecule has 0 atom stereocenters. The van der Waals surface area contributed by atoms with Gasteiger partial charge in [-0.05, 0) is 31.2 Å². The van der Waals surface area contributed by atoms with E-state index in [4.69, 9.17) is 4.74 Å². The van der Waals surface area contributed by atoms with Gasteiger partial charge in [-0.15, -0.1) is 0 Å². The Morgan fingerprint density at radius 2 is 1.88 bits per heavy atom. The molecule has 4 nitrogen and oxygen atoms in total. The van der Waals surface area contributed by atoms with E-state index in [2.05, 4.69) is 4.74 Å². The minimum atomic E-state index is -1.18. The molecule has 1 aromatic rings.